The van der Waals surface area contributed by atoms with Crippen LogP contribution in [0.5, 0.6) is 0 Å². The maximum atomic E-state index is 15.5. The van der Waals surface area contributed by atoms with E-state index in [1.807, 2.05) is 24.3 Å². The first-order chi connectivity index (χ1) is 18.9. The standard InChI is InChI=1S/C31H28FN5O2/c1-17(38)19-5-4-6-20(13-19)21-14-22-26(15-23(21)32)36-31(39)28(30-34-24-7-2-3-8-25(24)35-30)29(22)33-27-16-37-11-9-18(27)10-12-37/h2-8,13-15,18,27H,9-12,16H2,1H3,(H,34,35)(H2,33,36,39)/t27-/m0/s1. The molecule has 0 amide bonds. The number of imidazole rings is 1. The van der Waals surface area contributed by atoms with Crippen LogP contribution in [0.2, 0.25) is 0 Å². The van der Waals surface area contributed by atoms with Gasteiger partial charge in [0.2, 0.25) is 0 Å². The third-order valence-electron chi connectivity index (χ3n) is 8.29. The number of hydrogen-bond donors (Lipinski definition) is 3. The average Bonchev–Trinajstić information content (AvgIpc) is 3.37. The average molecular weight is 522 g/mol. The van der Waals surface area contributed by atoms with Gasteiger partial charge in [0.15, 0.2) is 5.78 Å². The van der Waals surface area contributed by atoms with Gasteiger partial charge in [-0.25, -0.2) is 9.37 Å². The summed E-state index contributed by atoms with van der Waals surface area (Å²) in [7, 11) is 0. The Morgan fingerprint density at radius 2 is 1.85 bits per heavy atom. The second kappa shape index (κ2) is 9.17. The molecule has 5 heterocycles. The molecular formula is C31H28FN5O2. The van der Waals surface area contributed by atoms with Gasteiger partial charge in [0.05, 0.1) is 22.2 Å². The number of pyridine rings is 1. The van der Waals surface area contributed by atoms with E-state index in [9.17, 15) is 9.59 Å². The van der Waals surface area contributed by atoms with Gasteiger partial charge in [-0.3, -0.25) is 9.59 Å². The summed E-state index contributed by atoms with van der Waals surface area (Å²) in [5.74, 6) is 0.413. The predicted molar refractivity (Wildman–Crippen MR) is 152 cm³/mol. The number of carbonyl (C=O) groups is 1. The Morgan fingerprint density at radius 1 is 1.03 bits per heavy atom. The van der Waals surface area contributed by atoms with Crippen LogP contribution in [0.3, 0.4) is 0 Å². The van der Waals surface area contributed by atoms with Crippen molar-refractivity contribution >= 4 is 33.4 Å². The van der Waals surface area contributed by atoms with Crippen molar-refractivity contribution in [1.82, 2.24) is 19.9 Å². The second-order valence-corrected chi connectivity index (χ2v) is 10.7. The number of ketones is 1. The van der Waals surface area contributed by atoms with E-state index in [2.05, 4.69) is 20.2 Å². The number of hydrogen-bond acceptors (Lipinski definition) is 5. The summed E-state index contributed by atoms with van der Waals surface area (Å²) in [6, 6.07) is 18.0. The van der Waals surface area contributed by atoms with E-state index < -0.39 is 5.82 Å². The SMILES string of the molecule is CC(=O)c1cccc(-c2cc3c(N[C@H]4CN5CCC4CC5)c(-c4nc5ccccc5[nH]4)c(=O)[nH]c3cc2F)c1. The second-order valence-electron chi connectivity index (χ2n) is 10.7. The molecule has 7 nitrogen and oxygen atoms in total. The van der Waals surface area contributed by atoms with Crippen molar-refractivity contribution in [2.24, 2.45) is 5.92 Å². The maximum Gasteiger partial charge on any atom is 0.261 e. The van der Waals surface area contributed by atoms with Gasteiger partial charge >= 0.3 is 0 Å². The van der Waals surface area contributed by atoms with Gasteiger partial charge in [-0.15, -0.1) is 0 Å². The van der Waals surface area contributed by atoms with Crippen LogP contribution < -0.4 is 10.9 Å². The number of rotatable bonds is 5. The Balaban J connectivity index is 1.46. The lowest BCUT2D eigenvalue weighted by atomic mass is 9.83. The molecule has 2 aromatic heterocycles. The van der Waals surface area contributed by atoms with E-state index in [4.69, 9.17) is 4.98 Å². The summed E-state index contributed by atoms with van der Waals surface area (Å²) in [6.45, 7) is 4.58. The predicted octanol–water partition coefficient (Wildman–Crippen LogP) is 5.59. The number of aromatic nitrogens is 3. The van der Waals surface area contributed by atoms with Crippen LogP contribution in [-0.4, -0.2) is 51.3 Å². The van der Waals surface area contributed by atoms with E-state index in [0.29, 0.717) is 50.6 Å². The van der Waals surface area contributed by atoms with Crippen LogP contribution in [-0.2, 0) is 0 Å². The highest BCUT2D eigenvalue weighted by atomic mass is 19.1. The molecule has 39 heavy (non-hydrogen) atoms. The zero-order valence-corrected chi connectivity index (χ0v) is 21.6. The van der Waals surface area contributed by atoms with Crippen molar-refractivity contribution in [1.29, 1.82) is 0 Å². The third kappa shape index (κ3) is 4.12. The van der Waals surface area contributed by atoms with Crippen LogP contribution in [0, 0.1) is 11.7 Å². The van der Waals surface area contributed by atoms with Crippen molar-refractivity contribution in [3.05, 3.63) is 82.4 Å². The Morgan fingerprint density at radius 3 is 2.59 bits per heavy atom. The number of piperidine rings is 3. The fourth-order valence-electron chi connectivity index (χ4n) is 6.20. The number of aromatic amines is 2. The Kier molecular flexibility index (Phi) is 5.59. The molecule has 0 saturated carbocycles. The van der Waals surface area contributed by atoms with Crippen LogP contribution in [0.4, 0.5) is 10.1 Å². The largest absolute Gasteiger partial charge is 0.379 e. The first kappa shape index (κ1) is 23.8. The first-order valence-corrected chi connectivity index (χ1v) is 13.4. The van der Waals surface area contributed by atoms with E-state index in [1.54, 1.807) is 30.3 Å². The fourth-order valence-corrected chi connectivity index (χ4v) is 6.20. The first-order valence-electron chi connectivity index (χ1n) is 13.4. The summed E-state index contributed by atoms with van der Waals surface area (Å²) in [5, 5.41) is 4.44. The zero-order chi connectivity index (χ0) is 26.7. The number of Topliss-reactive ketones (excluding diaryl/α,β-unsaturated/α-hetero) is 1. The topological polar surface area (TPSA) is 93.9 Å². The van der Waals surface area contributed by atoms with E-state index in [1.165, 1.54) is 13.0 Å². The molecule has 0 aliphatic carbocycles. The molecule has 2 bridgehead atoms. The highest BCUT2D eigenvalue weighted by Gasteiger charge is 2.35. The molecule has 8 rings (SSSR count). The van der Waals surface area contributed by atoms with Crippen molar-refractivity contribution in [2.45, 2.75) is 25.8 Å². The number of carbonyl (C=O) groups excluding carboxylic acids is 1. The minimum absolute atomic E-state index is 0.0840. The Hall–Kier alpha value is -4.30. The smallest absolute Gasteiger partial charge is 0.261 e. The van der Waals surface area contributed by atoms with E-state index in [0.717, 1.165) is 43.5 Å². The van der Waals surface area contributed by atoms with Gasteiger partial charge < -0.3 is 20.2 Å². The quantitative estimate of drug-likeness (QED) is 0.262. The maximum absolute atomic E-state index is 15.5. The normalized spacial score (nSPS) is 20.5. The molecule has 196 valence electrons. The molecule has 3 aliphatic rings. The molecule has 8 heteroatoms. The monoisotopic (exact) mass is 521 g/mol. The summed E-state index contributed by atoms with van der Waals surface area (Å²) in [6.07, 6.45) is 2.22. The lowest BCUT2D eigenvalue weighted by Gasteiger charge is -2.45. The molecule has 3 aliphatic heterocycles. The van der Waals surface area contributed by atoms with Crippen molar-refractivity contribution in [3.8, 4) is 22.5 Å². The lowest BCUT2D eigenvalue weighted by molar-refractivity contribution is 0.0976. The van der Waals surface area contributed by atoms with Crippen LogP contribution in [0.15, 0.2) is 65.5 Å². The molecule has 0 radical (unpaired) electrons. The minimum atomic E-state index is -0.468. The molecule has 3 aromatic carbocycles. The highest BCUT2D eigenvalue weighted by Crippen LogP contribution is 2.38. The van der Waals surface area contributed by atoms with Crippen molar-refractivity contribution in [2.75, 3.05) is 25.0 Å². The molecular weight excluding hydrogens is 493 g/mol. The third-order valence-corrected chi connectivity index (χ3v) is 8.29. The molecule has 3 saturated heterocycles. The molecule has 3 N–H and O–H groups in total. The van der Waals surface area contributed by atoms with Gasteiger partial charge in [-0.05, 0) is 74.7 Å². The Labute approximate surface area is 224 Å². The van der Waals surface area contributed by atoms with Crippen molar-refractivity contribution in [3.63, 3.8) is 0 Å². The molecule has 0 unspecified atom stereocenters. The summed E-state index contributed by atoms with van der Waals surface area (Å²) in [4.78, 5) is 39.0. The minimum Gasteiger partial charge on any atom is -0.379 e. The van der Waals surface area contributed by atoms with Gasteiger partial charge in [-0.1, -0.05) is 30.3 Å². The fraction of sp³-hybridized carbons (Fsp3) is 0.258. The van der Waals surface area contributed by atoms with Gasteiger partial charge in [0.25, 0.3) is 5.56 Å². The van der Waals surface area contributed by atoms with Crippen LogP contribution >= 0.6 is 0 Å². The van der Waals surface area contributed by atoms with Crippen LogP contribution in [0.25, 0.3) is 44.5 Å². The Bertz CT molecular complexity index is 1780. The number of nitrogens with one attached hydrogen (secondary N) is 3. The summed E-state index contributed by atoms with van der Waals surface area (Å²) < 4.78 is 15.5. The number of anilines is 1. The van der Waals surface area contributed by atoms with Gasteiger partial charge in [0.1, 0.15) is 17.2 Å². The molecule has 1 atom stereocenters. The van der Waals surface area contributed by atoms with E-state index in [-0.39, 0.29) is 17.4 Å². The molecule has 3 fully saturated rings. The van der Waals surface area contributed by atoms with Gasteiger partial charge in [0, 0.05) is 29.1 Å². The zero-order valence-electron chi connectivity index (χ0n) is 21.6. The number of halogens is 1. The van der Waals surface area contributed by atoms with Crippen molar-refractivity contribution < 1.29 is 9.18 Å². The summed E-state index contributed by atoms with van der Waals surface area (Å²) >= 11 is 0. The number of benzene rings is 3. The lowest BCUT2D eigenvalue weighted by Crippen LogP contribution is -2.53. The van der Waals surface area contributed by atoms with Gasteiger partial charge in [-0.2, -0.15) is 0 Å². The van der Waals surface area contributed by atoms with E-state index >= 15 is 4.39 Å². The molecule has 0 spiro atoms. The number of fused-ring (bicyclic) bond motifs is 5. The number of nitrogens with zero attached hydrogens (tertiary/aromatic N) is 2. The molecule has 5 aromatic rings. The number of para-hydroxylation sites is 2. The highest BCUT2D eigenvalue weighted by molar-refractivity contribution is 6.02. The van der Waals surface area contributed by atoms with Crippen LogP contribution in [0.1, 0.15) is 30.1 Å². The number of H-pyrrole nitrogens is 2. The summed E-state index contributed by atoms with van der Waals surface area (Å²) in [5.41, 5.74) is 4.22.